The molecule has 0 aromatic rings. The van der Waals surface area contributed by atoms with E-state index in [4.69, 9.17) is 9.47 Å². The molecule has 0 spiro atoms. The molecule has 1 saturated heterocycles. The predicted octanol–water partition coefficient (Wildman–Crippen LogP) is 2.85. The van der Waals surface area contributed by atoms with Gasteiger partial charge in [0.1, 0.15) is 5.60 Å². The molecule has 0 aromatic carbocycles. The Labute approximate surface area is 103 Å². The van der Waals surface area contributed by atoms with Crippen molar-refractivity contribution in [2.45, 2.75) is 51.0 Å². The summed E-state index contributed by atoms with van der Waals surface area (Å²) >= 11 is 0. The molecule has 1 aliphatic heterocycles. The monoisotopic (exact) mass is 238 g/mol. The fourth-order valence-electron chi connectivity index (χ4n) is 2.97. The summed E-state index contributed by atoms with van der Waals surface area (Å²) in [7, 11) is 0. The normalized spacial score (nSPS) is 27.7. The second-order valence-electron chi connectivity index (χ2n) is 5.36. The van der Waals surface area contributed by atoms with Crippen LogP contribution in [0.25, 0.3) is 0 Å². The number of hydrogen-bond donors (Lipinski definition) is 0. The highest BCUT2D eigenvalue weighted by molar-refractivity contribution is 5.87. The molecule has 0 N–H and O–H groups in total. The van der Waals surface area contributed by atoms with Crippen molar-refractivity contribution in [1.82, 2.24) is 0 Å². The van der Waals surface area contributed by atoms with Crippen LogP contribution in [-0.4, -0.2) is 24.8 Å². The molecule has 0 radical (unpaired) electrons. The van der Waals surface area contributed by atoms with Crippen LogP contribution in [0.2, 0.25) is 0 Å². The zero-order valence-electron chi connectivity index (χ0n) is 10.7. The van der Waals surface area contributed by atoms with Crippen molar-refractivity contribution in [1.29, 1.82) is 0 Å². The van der Waals surface area contributed by atoms with Gasteiger partial charge in [-0.15, -0.1) is 0 Å². The maximum absolute atomic E-state index is 11.8. The molecule has 17 heavy (non-hydrogen) atoms. The van der Waals surface area contributed by atoms with E-state index in [2.05, 4.69) is 6.58 Å². The van der Waals surface area contributed by atoms with Crippen LogP contribution in [0.15, 0.2) is 12.2 Å². The summed E-state index contributed by atoms with van der Waals surface area (Å²) in [6.07, 6.45) is 6.55. The lowest BCUT2D eigenvalue weighted by molar-refractivity contribution is -0.166. The smallest absolute Gasteiger partial charge is 0.333 e. The summed E-state index contributed by atoms with van der Waals surface area (Å²) in [6.45, 7) is 6.93. The zero-order valence-corrected chi connectivity index (χ0v) is 10.7. The van der Waals surface area contributed by atoms with Crippen LogP contribution in [0, 0.1) is 5.92 Å². The number of carbonyl (C=O) groups excluding carboxylic acids is 1. The van der Waals surface area contributed by atoms with Gasteiger partial charge in [-0.2, -0.15) is 0 Å². The predicted molar refractivity (Wildman–Crippen MR) is 65.6 cm³/mol. The first-order valence-corrected chi connectivity index (χ1v) is 6.61. The van der Waals surface area contributed by atoms with Crippen molar-refractivity contribution in [2.75, 3.05) is 13.2 Å². The van der Waals surface area contributed by atoms with E-state index < -0.39 is 0 Å². The average molecular weight is 238 g/mol. The third-order valence-corrected chi connectivity index (χ3v) is 4.02. The van der Waals surface area contributed by atoms with E-state index in [0.717, 1.165) is 45.3 Å². The van der Waals surface area contributed by atoms with Crippen molar-refractivity contribution in [3.8, 4) is 0 Å². The highest BCUT2D eigenvalue weighted by Gasteiger charge is 2.44. The minimum atomic E-state index is -0.273. The molecule has 1 saturated carbocycles. The molecule has 0 bridgehead atoms. The Morgan fingerprint density at radius 1 is 1.35 bits per heavy atom. The van der Waals surface area contributed by atoms with Gasteiger partial charge in [0.15, 0.2) is 0 Å². The molecule has 1 unspecified atom stereocenters. The first-order valence-electron chi connectivity index (χ1n) is 6.61. The number of esters is 1. The Morgan fingerprint density at radius 2 is 2.06 bits per heavy atom. The number of rotatable bonds is 3. The minimum absolute atomic E-state index is 0.237. The number of hydrogen-bond acceptors (Lipinski definition) is 3. The molecule has 2 aliphatic rings. The van der Waals surface area contributed by atoms with Crippen molar-refractivity contribution >= 4 is 5.97 Å². The Bertz CT molecular complexity index is 297. The second kappa shape index (κ2) is 5.21. The molecule has 3 heteroatoms. The van der Waals surface area contributed by atoms with Gasteiger partial charge in [-0.3, -0.25) is 0 Å². The molecule has 3 nitrogen and oxygen atoms in total. The lowest BCUT2D eigenvalue weighted by Gasteiger charge is -2.41. The van der Waals surface area contributed by atoms with Crippen LogP contribution >= 0.6 is 0 Å². The van der Waals surface area contributed by atoms with Crippen molar-refractivity contribution in [3.63, 3.8) is 0 Å². The maximum atomic E-state index is 11.8. The van der Waals surface area contributed by atoms with Crippen LogP contribution < -0.4 is 0 Å². The SMILES string of the molecule is C=C(C)C(=O)OC1(C2CCOC2)CCCCC1. The van der Waals surface area contributed by atoms with Crippen molar-refractivity contribution < 1.29 is 14.3 Å². The van der Waals surface area contributed by atoms with Gasteiger partial charge >= 0.3 is 5.97 Å². The van der Waals surface area contributed by atoms with Crippen LogP contribution in [0.4, 0.5) is 0 Å². The molecule has 1 heterocycles. The van der Waals surface area contributed by atoms with E-state index in [9.17, 15) is 4.79 Å². The molecular weight excluding hydrogens is 216 g/mol. The summed E-state index contributed by atoms with van der Waals surface area (Å²) in [5, 5.41) is 0. The summed E-state index contributed by atoms with van der Waals surface area (Å²) in [6, 6.07) is 0. The van der Waals surface area contributed by atoms with E-state index in [1.807, 2.05) is 0 Å². The molecule has 2 fully saturated rings. The lowest BCUT2D eigenvalue weighted by atomic mass is 9.75. The molecule has 1 aliphatic carbocycles. The average Bonchev–Trinajstić information content (AvgIpc) is 2.84. The third kappa shape index (κ3) is 2.71. The van der Waals surface area contributed by atoms with Gasteiger partial charge in [0.25, 0.3) is 0 Å². The Balaban J connectivity index is 2.10. The fourth-order valence-corrected chi connectivity index (χ4v) is 2.97. The number of carbonyl (C=O) groups is 1. The Kier molecular flexibility index (Phi) is 3.87. The van der Waals surface area contributed by atoms with E-state index in [-0.39, 0.29) is 11.6 Å². The van der Waals surface area contributed by atoms with Crippen LogP contribution in [0.5, 0.6) is 0 Å². The lowest BCUT2D eigenvalue weighted by Crippen LogP contribution is -2.44. The highest BCUT2D eigenvalue weighted by atomic mass is 16.6. The highest BCUT2D eigenvalue weighted by Crippen LogP contribution is 2.41. The van der Waals surface area contributed by atoms with Crippen LogP contribution in [0.3, 0.4) is 0 Å². The van der Waals surface area contributed by atoms with Gasteiger partial charge in [-0.05, 0) is 39.0 Å². The topological polar surface area (TPSA) is 35.5 Å². The van der Waals surface area contributed by atoms with Crippen molar-refractivity contribution in [2.24, 2.45) is 5.92 Å². The summed E-state index contributed by atoms with van der Waals surface area (Å²) in [5.74, 6) is 0.143. The van der Waals surface area contributed by atoms with Gasteiger partial charge in [-0.25, -0.2) is 4.79 Å². The van der Waals surface area contributed by atoms with Crippen molar-refractivity contribution in [3.05, 3.63) is 12.2 Å². The molecule has 0 amide bonds. The fraction of sp³-hybridized carbons (Fsp3) is 0.786. The van der Waals surface area contributed by atoms with E-state index in [1.54, 1.807) is 6.92 Å². The summed E-state index contributed by atoms with van der Waals surface area (Å²) in [4.78, 5) is 11.8. The van der Waals surface area contributed by atoms with E-state index in [1.165, 1.54) is 6.42 Å². The van der Waals surface area contributed by atoms with E-state index in [0.29, 0.717) is 11.5 Å². The molecule has 96 valence electrons. The van der Waals surface area contributed by atoms with E-state index >= 15 is 0 Å². The second-order valence-corrected chi connectivity index (χ2v) is 5.36. The van der Waals surface area contributed by atoms with Gasteiger partial charge in [0.05, 0.1) is 6.61 Å². The summed E-state index contributed by atoms with van der Waals surface area (Å²) < 4.78 is 11.3. The standard InChI is InChI=1S/C14H22O3/c1-11(2)13(15)17-14(7-4-3-5-8-14)12-6-9-16-10-12/h12H,1,3-10H2,2H3. The minimum Gasteiger partial charge on any atom is -0.455 e. The first-order chi connectivity index (χ1) is 8.14. The van der Waals surface area contributed by atoms with Gasteiger partial charge in [-0.1, -0.05) is 13.0 Å². The maximum Gasteiger partial charge on any atom is 0.333 e. The molecule has 2 rings (SSSR count). The molecular formula is C14H22O3. The quantitative estimate of drug-likeness (QED) is 0.560. The number of ether oxygens (including phenoxy) is 2. The Morgan fingerprint density at radius 3 is 2.59 bits per heavy atom. The molecule has 0 aromatic heterocycles. The first kappa shape index (κ1) is 12.6. The van der Waals surface area contributed by atoms with Gasteiger partial charge < -0.3 is 9.47 Å². The van der Waals surface area contributed by atoms with Crippen LogP contribution in [-0.2, 0) is 14.3 Å². The summed E-state index contributed by atoms with van der Waals surface area (Å²) in [5.41, 5.74) is 0.221. The molecule has 1 atom stereocenters. The zero-order chi connectivity index (χ0) is 12.3. The third-order valence-electron chi connectivity index (χ3n) is 4.02. The Hall–Kier alpha value is -0.830. The largest absolute Gasteiger partial charge is 0.455 e. The van der Waals surface area contributed by atoms with Crippen LogP contribution in [0.1, 0.15) is 45.4 Å². The van der Waals surface area contributed by atoms with Gasteiger partial charge in [0.2, 0.25) is 0 Å². The van der Waals surface area contributed by atoms with Gasteiger partial charge in [0, 0.05) is 18.1 Å².